The second kappa shape index (κ2) is 6.46. The lowest BCUT2D eigenvalue weighted by atomic mass is 10.1. The van der Waals surface area contributed by atoms with E-state index in [4.69, 9.17) is 5.14 Å². The summed E-state index contributed by atoms with van der Waals surface area (Å²) >= 11 is 0. The van der Waals surface area contributed by atoms with Crippen LogP contribution in [0.25, 0.3) is 10.8 Å². The van der Waals surface area contributed by atoms with E-state index in [-0.39, 0.29) is 38.6 Å². The van der Waals surface area contributed by atoms with Crippen molar-refractivity contribution >= 4 is 38.0 Å². The van der Waals surface area contributed by atoms with Gasteiger partial charge in [-0.15, -0.1) is 10.2 Å². The molecule has 1 heterocycles. The van der Waals surface area contributed by atoms with Crippen LogP contribution in [0.5, 0.6) is 5.75 Å². The lowest BCUT2D eigenvalue weighted by Gasteiger charge is -2.08. The predicted octanol–water partition coefficient (Wildman–Crippen LogP) is 2.91. The number of aromatic hydroxyl groups is 1. The Kier molecular flexibility index (Phi) is 4.32. The van der Waals surface area contributed by atoms with Gasteiger partial charge in [-0.3, -0.25) is 10.1 Å². The molecule has 0 fully saturated rings. The molecule has 0 saturated carbocycles. The molecule has 26 heavy (non-hydrogen) atoms. The van der Waals surface area contributed by atoms with Gasteiger partial charge >= 0.3 is 0 Å². The number of phenolic OH excluding ortho intramolecular Hbond substituents is 1. The van der Waals surface area contributed by atoms with Gasteiger partial charge in [-0.1, -0.05) is 24.3 Å². The maximum atomic E-state index is 11.8. The van der Waals surface area contributed by atoms with E-state index in [0.717, 1.165) is 12.3 Å². The van der Waals surface area contributed by atoms with Gasteiger partial charge in [0.15, 0.2) is 11.6 Å². The highest BCUT2D eigenvalue weighted by atomic mass is 32.2. The fourth-order valence-electron chi connectivity index (χ4n) is 2.27. The van der Waals surface area contributed by atoms with Gasteiger partial charge in [0, 0.05) is 16.8 Å². The van der Waals surface area contributed by atoms with Gasteiger partial charge in [0.2, 0.25) is 10.0 Å². The fourth-order valence-corrected chi connectivity index (χ4v) is 3.04. The fraction of sp³-hybridized carbons (Fsp3) is 0. The molecule has 1 aromatic heterocycles. The van der Waals surface area contributed by atoms with Crippen LogP contribution in [0.4, 0.5) is 17.2 Å². The Morgan fingerprint density at radius 3 is 2.38 bits per heavy atom. The number of fused-ring (bicyclic) bond motifs is 1. The maximum absolute atomic E-state index is 11.8. The maximum Gasteiger partial charge on any atom is 0.287 e. The normalized spacial score (nSPS) is 11.9. The Bertz CT molecular complexity index is 1140. The summed E-state index contributed by atoms with van der Waals surface area (Å²) in [7, 11) is -4.07. The van der Waals surface area contributed by atoms with E-state index < -0.39 is 14.9 Å². The minimum absolute atomic E-state index is 0.0420. The molecule has 0 unspecified atom stereocenters. The second-order valence-corrected chi connectivity index (χ2v) is 6.69. The first-order chi connectivity index (χ1) is 12.3. The van der Waals surface area contributed by atoms with Crippen LogP contribution in [0.15, 0.2) is 63.8 Å². The molecule has 0 amide bonds. The predicted molar refractivity (Wildman–Crippen MR) is 92.1 cm³/mol. The monoisotopic (exact) mass is 373 g/mol. The number of nitro groups is 1. The summed E-state index contributed by atoms with van der Waals surface area (Å²) in [6.45, 7) is 0. The summed E-state index contributed by atoms with van der Waals surface area (Å²) < 4.78 is 23.7. The van der Waals surface area contributed by atoms with E-state index in [1.165, 1.54) is 24.3 Å². The highest BCUT2D eigenvalue weighted by Gasteiger charge is 2.18. The first-order valence-electron chi connectivity index (χ1n) is 7.07. The van der Waals surface area contributed by atoms with Crippen molar-refractivity contribution in [2.24, 2.45) is 15.4 Å². The molecule has 0 atom stereocenters. The number of nitrogens with zero attached hydrogens (tertiary/aromatic N) is 4. The highest BCUT2D eigenvalue weighted by Crippen LogP contribution is 2.39. The standard InChI is InChI=1S/C15H11N5O5S/c16-26(24,25)13-7-12(15(21)11-4-2-1-3-10(11)13)18-19-14-6-5-9(8-17-14)20(22)23/h1-8,21H,(H2,16,24,25). The minimum atomic E-state index is -4.07. The highest BCUT2D eigenvalue weighted by molar-refractivity contribution is 7.89. The third-order valence-electron chi connectivity index (χ3n) is 3.47. The molecule has 0 spiro atoms. The van der Waals surface area contributed by atoms with Crippen LogP contribution in [0, 0.1) is 10.1 Å². The van der Waals surface area contributed by atoms with Crippen LogP contribution >= 0.6 is 0 Å². The average Bonchev–Trinajstić information content (AvgIpc) is 2.60. The number of aromatic nitrogens is 1. The van der Waals surface area contributed by atoms with Crippen LogP contribution < -0.4 is 5.14 Å². The van der Waals surface area contributed by atoms with Crippen molar-refractivity contribution in [1.82, 2.24) is 4.98 Å². The number of benzene rings is 2. The van der Waals surface area contributed by atoms with E-state index in [0.29, 0.717) is 0 Å². The summed E-state index contributed by atoms with van der Waals surface area (Å²) in [4.78, 5) is 13.5. The molecule has 132 valence electrons. The van der Waals surface area contributed by atoms with Gasteiger partial charge < -0.3 is 5.11 Å². The molecule has 3 aromatic rings. The van der Waals surface area contributed by atoms with Crippen molar-refractivity contribution in [3.63, 3.8) is 0 Å². The van der Waals surface area contributed by atoms with Crippen molar-refractivity contribution < 1.29 is 18.4 Å². The summed E-state index contributed by atoms with van der Waals surface area (Å²) in [5.74, 6) is -0.237. The molecule has 0 bridgehead atoms. The Morgan fingerprint density at radius 2 is 1.81 bits per heavy atom. The van der Waals surface area contributed by atoms with E-state index in [2.05, 4.69) is 15.2 Å². The molecule has 0 saturated heterocycles. The third kappa shape index (κ3) is 3.34. The molecule has 10 nitrogen and oxygen atoms in total. The zero-order chi connectivity index (χ0) is 18.9. The number of rotatable bonds is 4. The lowest BCUT2D eigenvalue weighted by molar-refractivity contribution is -0.385. The number of azo groups is 1. The number of primary sulfonamides is 1. The Hall–Kier alpha value is -3.44. The van der Waals surface area contributed by atoms with Crippen molar-refractivity contribution in [2.75, 3.05) is 0 Å². The Labute approximate surface area is 146 Å². The van der Waals surface area contributed by atoms with E-state index in [9.17, 15) is 23.6 Å². The molecule has 3 N–H and O–H groups in total. The van der Waals surface area contributed by atoms with Gasteiger partial charge in [0.05, 0.1) is 9.82 Å². The van der Waals surface area contributed by atoms with Crippen molar-refractivity contribution in [3.05, 3.63) is 58.8 Å². The molecule has 3 rings (SSSR count). The third-order valence-corrected chi connectivity index (χ3v) is 4.42. The molecular weight excluding hydrogens is 362 g/mol. The first-order valence-corrected chi connectivity index (χ1v) is 8.61. The number of hydrogen-bond acceptors (Lipinski definition) is 8. The number of nitrogens with two attached hydrogens (primary N) is 1. The number of phenols is 1. The van der Waals surface area contributed by atoms with Gasteiger partial charge in [0.25, 0.3) is 5.69 Å². The Morgan fingerprint density at radius 1 is 1.12 bits per heavy atom. The molecule has 2 aromatic carbocycles. The number of sulfonamides is 1. The molecular formula is C15H11N5O5S. The van der Waals surface area contributed by atoms with Crippen LogP contribution in [0.3, 0.4) is 0 Å². The SMILES string of the molecule is NS(=O)(=O)c1cc(N=Nc2ccc([N+](=O)[O-])cn2)c(O)c2ccccc12. The summed E-state index contributed by atoms with van der Waals surface area (Å²) in [6.07, 6.45) is 1.00. The van der Waals surface area contributed by atoms with Gasteiger partial charge in [-0.05, 0) is 12.1 Å². The molecule has 0 aliphatic heterocycles. The first kappa shape index (κ1) is 17.4. The van der Waals surface area contributed by atoms with Crippen molar-refractivity contribution in [2.45, 2.75) is 4.90 Å². The zero-order valence-corrected chi connectivity index (χ0v) is 13.8. The smallest absolute Gasteiger partial charge is 0.287 e. The number of pyridine rings is 1. The topological polar surface area (TPSA) is 161 Å². The molecule has 0 aliphatic carbocycles. The van der Waals surface area contributed by atoms with Crippen LogP contribution in [-0.2, 0) is 10.0 Å². The van der Waals surface area contributed by atoms with Gasteiger partial charge in [-0.2, -0.15) is 0 Å². The van der Waals surface area contributed by atoms with E-state index in [1.807, 2.05) is 0 Å². The van der Waals surface area contributed by atoms with Gasteiger partial charge in [-0.25, -0.2) is 18.5 Å². The molecule has 0 radical (unpaired) electrons. The summed E-state index contributed by atoms with van der Waals surface area (Å²) in [5, 5.41) is 34.2. The quantitative estimate of drug-likeness (QED) is 0.406. The van der Waals surface area contributed by atoms with Crippen molar-refractivity contribution in [3.8, 4) is 5.75 Å². The zero-order valence-electron chi connectivity index (χ0n) is 13.0. The summed E-state index contributed by atoms with van der Waals surface area (Å²) in [5.41, 5.74) is -0.345. The molecule has 0 aliphatic rings. The van der Waals surface area contributed by atoms with Gasteiger partial charge in [0.1, 0.15) is 11.9 Å². The largest absolute Gasteiger partial charge is 0.505 e. The second-order valence-electron chi connectivity index (χ2n) is 5.16. The Balaban J connectivity index is 2.10. The minimum Gasteiger partial charge on any atom is -0.505 e. The molecule has 11 heteroatoms. The average molecular weight is 373 g/mol. The van der Waals surface area contributed by atoms with Crippen LogP contribution in [0.1, 0.15) is 0 Å². The van der Waals surface area contributed by atoms with Crippen LogP contribution in [0.2, 0.25) is 0 Å². The number of hydrogen-bond donors (Lipinski definition) is 2. The van der Waals surface area contributed by atoms with Crippen LogP contribution in [-0.4, -0.2) is 23.4 Å². The summed E-state index contributed by atoms with van der Waals surface area (Å²) in [6, 6.07) is 9.81. The van der Waals surface area contributed by atoms with Crippen molar-refractivity contribution in [1.29, 1.82) is 0 Å². The van der Waals surface area contributed by atoms with E-state index >= 15 is 0 Å². The van der Waals surface area contributed by atoms with E-state index in [1.54, 1.807) is 12.1 Å². The lowest BCUT2D eigenvalue weighted by Crippen LogP contribution is -2.12.